The van der Waals surface area contributed by atoms with E-state index in [1.54, 1.807) is 12.1 Å². The van der Waals surface area contributed by atoms with E-state index in [9.17, 15) is 4.39 Å². The fourth-order valence-corrected chi connectivity index (χ4v) is 3.65. The molecule has 0 aliphatic rings. The number of nitrogens with one attached hydrogen (secondary N) is 1. The quantitative estimate of drug-likeness (QED) is 0.443. The molecule has 28 heavy (non-hydrogen) atoms. The predicted octanol–water partition coefficient (Wildman–Crippen LogP) is 6.11. The van der Waals surface area contributed by atoms with Crippen LogP contribution in [-0.2, 0) is 13.1 Å². The Morgan fingerprint density at radius 2 is 1.71 bits per heavy atom. The van der Waals surface area contributed by atoms with Crippen LogP contribution < -0.4 is 5.32 Å². The van der Waals surface area contributed by atoms with Crippen LogP contribution in [0, 0.1) is 19.7 Å². The van der Waals surface area contributed by atoms with Crippen molar-refractivity contribution >= 4 is 28.2 Å². The molecule has 0 aliphatic carbocycles. The average Bonchev–Trinajstić information content (AvgIpc) is 2.95. The van der Waals surface area contributed by atoms with Gasteiger partial charge in [-0.05, 0) is 67.4 Å². The molecule has 2 aromatic heterocycles. The Hall–Kier alpha value is -2.85. The smallest absolute Gasteiger partial charge is 0.123 e. The molecule has 0 saturated heterocycles. The Kier molecular flexibility index (Phi) is 5.05. The lowest BCUT2D eigenvalue weighted by molar-refractivity contribution is 0.628. The maximum Gasteiger partial charge on any atom is 0.123 e. The molecule has 0 unspecified atom stereocenters. The molecule has 0 atom stereocenters. The second kappa shape index (κ2) is 7.64. The van der Waals surface area contributed by atoms with E-state index < -0.39 is 0 Å². The normalized spacial score (nSPS) is 11.1. The number of nitrogens with zero attached hydrogens (tertiary/aromatic N) is 2. The van der Waals surface area contributed by atoms with Crippen molar-refractivity contribution in [2.24, 2.45) is 0 Å². The lowest BCUT2D eigenvalue weighted by Gasteiger charge is -2.13. The van der Waals surface area contributed by atoms with Crippen LogP contribution in [0.1, 0.15) is 22.5 Å². The largest absolute Gasteiger partial charge is 0.379 e. The molecule has 0 radical (unpaired) electrons. The van der Waals surface area contributed by atoms with E-state index in [0.717, 1.165) is 28.5 Å². The van der Waals surface area contributed by atoms with E-state index in [2.05, 4.69) is 46.9 Å². The molecule has 4 rings (SSSR count). The first-order valence-corrected chi connectivity index (χ1v) is 9.58. The average molecular weight is 394 g/mol. The molecule has 142 valence electrons. The van der Waals surface area contributed by atoms with E-state index in [1.807, 2.05) is 18.3 Å². The number of aryl methyl sites for hydroxylation is 1. The van der Waals surface area contributed by atoms with Crippen LogP contribution in [-0.4, -0.2) is 9.55 Å². The number of hydrogen-bond acceptors (Lipinski definition) is 2. The summed E-state index contributed by atoms with van der Waals surface area (Å²) in [6.45, 7) is 5.60. The third-order valence-electron chi connectivity index (χ3n) is 5.18. The molecule has 0 amide bonds. The van der Waals surface area contributed by atoms with E-state index >= 15 is 0 Å². The number of halogens is 2. The van der Waals surface area contributed by atoms with Gasteiger partial charge in [-0.25, -0.2) is 4.39 Å². The van der Waals surface area contributed by atoms with Crippen molar-refractivity contribution in [3.05, 3.63) is 94.1 Å². The lowest BCUT2D eigenvalue weighted by Crippen LogP contribution is -2.07. The zero-order valence-electron chi connectivity index (χ0n) is 15.8. The summed E-state index contributed by atoms with van der Waals surface area (Å²) >= 11 is 6.03. The van der Waals surface area contributed by atoms with Crippen molar-refractivity contribution in [1.29, 1.82) is 0 Å². The molecule has 0 spiro atoms. The zero-order chi connectivity index (χ0) is 19.7. The van der Waals surface area contributed by atoms with Crippen molar-refractivity contribution in [2.45, 2.75) is 26.9 Å². The van der Waals surface area contributed by atoms with Gasteiger partial charge in [-0.2, -0.15) is 0 Å². The van der Waals surface area contributed by atoms with Gasteiger partial charge in [-0.1, -0.05) is 23.7 Å². The number of anilines is 1. The number of rotatable bonds is 5. The van der Waals surface area contributed by atoms with Crippen molar-refractivity contribution in [3.63, 3.8) is 0 Å². The van der Waals surface area contributed by atoms with Gasteiger partial charge in [0.05, 0.1) is 17.8 Å². The summed E-state index contributed by atoms with van der Waals surface area (Å²) in [5.41, 5.74) is 6.62. The SMILES string of the molecule is Cc1c(C)n(Cc2ccc(Cl)cc2)c2c(CNc3ccc(F)cc3)nccc12. The monoisotopic (exact) mass is 393 g/mol. The van der Waals surface area contributed by atoms with Gasteiger partial charge in [0.2, 0.25) is 0 Å². The highest BCUT2D eigenvalue weighted by molar-refractivity contribution is 6.30. The van der Waals surface area contributed by atoms with Crippen LogP contribution in [0.5, 0.6) is 0 Å². The van der Waals surface area contributed by atoms with E-state index in [4.69, 9.17) is 11.6 Å². The number of pyridine rings is 1. The Labute approximate surface area is 168 Å². The highest BCUT2D eigenvalue weighted by Gasteiger charge is 2.15. The van der Waals surface area contributed by atoms with Gasteiger partial charge in [-0.15, -0.1) is 0 Å². The molecule has 3 nitrogen and oxygen atoms in total. The van der Waals surface area contributed by atoms with Crippen LogP contribution in [0.25, 0.3) is 10.9 Å². The van der Waals surface area contributed by atoms with Crippen LogP contribution >= 0.6 is 11.6 Å². The summed E-state index contributed by atoms with van der Waals surface area (Å²) in [6, 6.07) is 16.4. The Balaban J connectivity index is 1.71. The second-order valence-electron chi connectivity index (χ2n) is 6.94. The van der Waals surface area contributed by atoms with Crippen molar-refractivity contribution < 1.29 is 4.39 Å². The highest BCUT2D eigenvalue weighted by Crippen LogP contribution is 2.28. The fourth-order valence-electron chi connectivity index (χ4n) is 3.52. The van der Waals surface area contributed by atoms with Gasteiger partial charge in [0.15, 0.2) is 0 Å². The molecule has 0 fully saturated rings. The first-order valence-electron chi connectivity index (χ1n) is 9.20. The lowest BCUT2D eigenvalue weighted by atomic mass is 10.1. The van der Waals surface area contributed by atoms with E-state index in [0.29, 0.717) is 6.54 Å². The van der Waals surface area contributed by atoms with Gasteiger partial charge in [0.1, 0.15) is 5.82 Å². The Morgan fingerprint density at radius 1 is 1.00 bits per heavy atom. The fraction of sp³-hybridized carbons (Fsp3) is 0.174. The predicted molar refractivity (Wildman–Crippen MR) is 113 cm³/mol. The summed E-state index contributed by atoms with van der Waals surface area (Å²) < 4.78 is 15.4. The summed E-state index contributed by atoms with van der Waals surface area (Å²) in [5, 5.41) is 5.29. The minimum atomic E-state index is -0.242. The minimum absolute atomic E-state index is 0.242. The van der Waals surface area contributed by atoms with E-state index in [-0.39, 0.29) is 5.82 Å². The van der Waals surface area contributed by atoms with Gasteiger partial charge >= 0.3 is 0 Å². The number of fused-ring (bicyclic) bond motifs is 1. The van der Waals surface area contributed by atoms with Gasteiger partial charge in [0, 0.05) is 34.5 Å². The molecule has 0 saturated carbocycles. The number of hydrogen-bond donors (Lipinski definition) is 1. The van der Waals surface area contributed by atoms with Crippen molar-refractivity contribution in [3.8, 4) is 0 Å². The molecule has 0 aliphatic heterocycles. The van der Waals surface area contributed by atoms with Crippen LogP contribution in [0.15, 0.2) is 60.8 Å². The third kappa shape index (κ3) is 3.60. The van der Waals surface area contributed by atoms with E-state index in [1.165, 1.54) is 34.3 Å². The van der Waals surface area contributed by atoms with Gasteiger partial charge < -0.3 is 9.88 Å². The Morgan fingerprint density at radius 3 is 2.43 bits per heavy atom. The minimum Gasteiger partial charge on any atom is -0.379 e. The van der Waals surface area contributed by atoms with Crippen LogP contribution in [0.2, 0.25) is 5.02 Å². The first-order chi connectivity index (χ1) is 13.5. The second-order valence-corrected chi connectivity index (χ2v) is 7.37. The van der Waals surface area contributed by atoms with Crippen LogP contribution in [0.4, 0.5) is 10.1 Å². The maximum absolute atomic E-state index is 13.1. The summed E-state index contributed by atoms with van der Waals surface area (Å²) in [4.78, 5) is 4.63. The van der Waals surface area contributed by atoms with Gasteiger partial charge in [0.25, 0.3) is 0 Å². The topological polar surface area (TPSA) is 29.9 Å². The van der Waals surface area contributed by atoms with Crippen molar-refractivity contribution in [2.75, 3.05) is 5.32 Å². The molecule has 0 bridgehead atoms. The molecule has 4 aromatic rings. The molecular formula is C23H21ClFN3. The summed E-state index contributed by atoms with van der Waals surface area (Å²) in [6.07, 6.45) is 1.85. The third-order valence-corrected chi connectivity index (χ3v) is 5.43. The number of benzene rings is 2. The summed E-state index contributed by atoms with van der Waals surface area (Å²) in [7, 11) is 0. The summed E-state index contributed by atoms with van der Waals surface area (Å²) in [5.74, 6) is -0.242. The molecule has 5 heteroatoms. The maximum atomic E-state index is 13.1. The Bertz CT molecular complexity index is 1120. The molecule has 1 N–H and O–H groups in total. The number of aromatic nitrogens is 2. The van der Waals surface area contributed by atoms with Gasteiger partial charge in [-0.3, -0.25) is 4.98 Å². The highest BCUT2D eigenvalue weighted by atomic mass is 35.5. The molecule has 2 heterocycles. The molecule has 2 aromatic carbocycles. The molecular weight excluding hydrogens is 373 g/mol. The first kappa shape index (κ1) is 18.5. The zero-order valence-corrected chi connectivity index (χ0v) is 16.6. The van der Waals surface area contributed by atoms with Crippen LogP contribution in [0.3, 0.4) is 0 Å². The standard InChI is InChI=1S/C23H21ClFN3/c1-15-16(2)28(14-17-3-5-18(24)6-4-17)23-21(15)11-12-26-22(23)13-27-20-9-7-19(25)8-10-20/h3-12,27H,13-14H2,1-2H3. The van der Waals surface area contributed by atoms with Crippen molar-refractivity contribution in [1.82, 2.24) is 9.55 Å².